The molecule has 0 unspecified atom stereocenters. The standard InChI is InChI=1S/C38H22N4/c1-3-9-25(10-4-1)41-29-13-7-19-39-37(29)35-27-17-16-24-22-32-36(28-18-15-23(21-31(35)41)33(27)34(24)28)38-30(14-8-20-40-38)42(32)26-11-5-2-6-12-26/h1-22H. The van der Waals surface area contributed by atoms with Gasteiger partial charge in [-0.05, 0) is 93.0 Å². The fourth-order valence-electron chi connectivity index (χ4n) is 7.28. The lowest BCUT2D eigenvalue weighted by atomic mass is 9.91. The Kier molecular flexibility index (Phi) is 4.15. The molecule has 0 aliphatic rings. The first kappa shape index (κ1) is 22.0. The zero-order valence-electron chi connectivity index (χ0n) is 22.5. The van der Waals surface area contributed by atoms with Crippen molar-refractivity contribution in [2.75, 3.05) is 0 Å². The van der Waals surface area contributed by atoms with Gasteiger partial charge in [0.1, 0.15) is 0 Å². The minimum atomic E-state index is 1.03. The van der Waals surface area contributed by atoms with E-state index in [4.69, 9.17) is 9.97 Å². The highest BCUT2D eigenvalue weighted by atomic mass is 15.0. The maximum absolute atomic E-state index is 4.93. The van der Waals surface area contributed by atoms with Crippen LogP contribution in [-0.4, -0.2) is 19.1 Å². The fraction of sp³-hybridized carbons (Fsp3) is 0. The second-order valence-corrected chi connectivity index (χ2v) is 11.0. The monoisotopic (exact) mass is 534 g/mol. The van der Waals surface area contributed by atoms with Gasteiger partial charge in [0.05, 0.1) is 33.1 Å². The first-order valence-electron chi connectivity index (χ1n) is 14.3. The molecule has 0 atom stereocenters. The predicted octanol–water partition coefficient (Wildman–Crippen LogP) is 9.57. The lowest BCUT2D eigenvalue weighted by Gasteiger charge is -2.15. The summed E-state index contributed by atoms with van der Waals surface area (Å²) < 4.78 is 4.70. The minimum Gasteiger partial charge on any atom is -0.308 e. The van der Waals surface area contributed by atoms with Crippen LogP contribution in [0.2, 0.25) is 0 Å². The number of para-hydroxylation sites is 2. The number of hydrogen-bond donors (Lipinski definition) is 0. The molecular formula is C38H22N4. The highest BCUT2D eigenvalue weighted by molar-refractivity contribution is 6.37. The summed E-state index contributed by atoms with van der Waals surface area (Å²) in [5, 5.41) is 9.89. The van der Waals surface area contributed by atoms with Crippen molar-refractivity contribution in [3.05, 3.63) is 134 Å². The molecule has 0 amide bonds. The first-order chi connectivity index (χ1) is 20.9. The molecule has 0 fully saturated rings. The van der Waals surface area contributed by atoms with E-state index in [0.717, 1.165) is 33.4 Å². The first-order valence-corrected chi connectivity index (χ1v) is 14.3. The Morgan fingerprint density at radius 1 is 0.381 bits per heavy atom. The van der Waals surface area contributed by atoms with Gasteiger partial charge >= 0.3 is 0 Å². The van der Waals surface area contributed by atoms with Crippen molar-refractivity contribution in [3.8, 4) is 11.4 Å². The molecule has 0 saturated carbocycles. The average molecular weight is 535 g/mol. The molecule has 42 heavy (non-hydrogen) atoms. The van der Waals surface area contributed by atoms with E-state index in [1.165, 1.54) is 54.1 Å². The quantitative estimate of drug-likeness (QED) is 0.207. The highest BCUT2D eigenvalue weighted by Gasteiger charge is 2.22. The van der Waals surface area contributed by atoms with E-state index >= 15 is 0 Å². The molecular weight excluding hydrogens is 512 g/mol. The zero-order chi connectivity index (χ0) is 27.4. The van der Waals surface area contributed by atoms with Gasteiger partial charge in [0.15, 0.2) is 0 Å². The number of fused-ring (bicyclic) bond motifs is 8. The summed E-state index contributed by atoms with van der Waals surface area (Å²) in [7, 11) is 0. The number of rotatable bonds is 2. The lowest BCUT2D eigenvalue weighted by Crippen LogP contribution is -1.94. The number of aromatic nitrogens is 4. The van der Waals surface area contributed by atoms with Crippen LogP contribution < -0.4 is 0 Å². The summed E-state index contributed by atoms with van der Waals surface area (Å²) in [6.07, 6.45) is 3.81. The van der Waals surface area contributed by atoms with Crippen molar-refractivity contribution in [1.82, 2.24) is 19.1 Å². The third-order valence-corrected chi connectivity index (χ3v) is 8.90. The van der Waals surface area contributed by atoms with Gasteiger partial charge in [-0.15, -0.1) is 0 Å². The highest BCUT2D eigenvalue weighted by Crippen LogP contribution is 2.46. The molecule has 10 aromatic rings. The Bertz CT molecular complexity index is 2480. The van der Waals surface area contributed by atoms with E-state index < -0.39 is 0 Å². The Hall–Kier alpha value is -5.74. The van der Waals surface area contributed by atoms with Gasteiger partial charge in [-0.3, -0.25) is 9.97 Å². The number of nitrogens with zero attached hydrogens (tertiary/aromatic N) is 4. The largest absolute Gasteiger partial charge is 0.308 e. The molecule has 10 rings (SSSR count). The molecule has 4 heterocycles. The average Bonchev–Trinajstić information content (AvgIpc) is 3.56. The third kappa shape index (κ3) is 2.71. The summed E-state index contributed by atoms with van der Waals surface area (Å²) in [4.78, 5) is 9.86. The van der Waals surface area contributed by atoms with Crippen LogP contribution in [-0.2, 0) is 0 Å². The summed E-state index contributed by atoms with van der Waals surface area (Å²) in [5.41, 5.74) is 8.92. The van der Waals surface area contributed by atoms with Crippen molar-refractivity contribution in [1.29, 1.82) is 0 Å². The maximum Gasteiger partial charge on any atom is 0.0969 e. The molecule has 0 saturated heterocycles. The Balaban J connectivity index is 1.42. The molecule has 0 spiro atoms. The third-order valence-electron chi connectivity index (χ3n) is 8.90. The van der Waals surface area contributed by atoms with Crippen LogP contribution in [0.5, 0.6) is 0 Å². The van der Waals surface area contributed by atoms with Gasteiger partial charge in [-0.2, -0.15) is 0 Å². The molecule has 0 aliphatic heterocycles. The molecule has 0 N–H and O–H groups in total. The predicted molar refractivity (Wildman–Crippen MR) is 174 cm³/mol. The van der Waals surface area contributed by atoms with Crippen LogP contribution in [0.3, 0.4) is 0 Å². The van der Waals surface area contributed by atoms with Crippen molar-refractivity contribution in [3.63, 3.8) is 0 Å². The van der Waals surface area contributed by atoms with E-state index in [-0.39, 0.29) is 0 Å². The van der Waals surface area contributed by atoms with Gasteiger partial charge in [-0.1, -0.05) is 60.7 Å². The van der Waals surface area contributed by atoms with E-state index in [2.05, 4.69) is 118 Å². The Morgan fingerprint density at radius 3 is 1.29 bits per heavy atom. The van der Waals surface area contributed by atoms with Crippen LogP contribution >= 0.6 is 0 Å². The van der Waals surface area contributed by atoms with Gasteiger partial charge in [0.2, 0.25) is 0 Å². The normalized spacial score (nSPS) is 12.3. The second-order valence-electron chi connectivity index (χ2n) is 11.0. The molecule has 4 aromatic heterocycles. The summed E-state index contributed by atoms with van der Waals surface area (Å²) in [6, 6.07) is 43.5. The van der Waals surface area contributed by atoms with Gasteiger partial charge in [-0.25, -0.2) is 0 Å². The van der Waals surface area contributed by atoms with E-state index in [9.17, 15) is 0 Å². The van der Waals surface area contributed by atoms with Gasteiger partial charge < -0.3 is 9.13 Å². The van der Waals surface area contributed by atoms with E-state index in [0.29, 0.717) is 0 Å². The van der Waals surface area contributed by atoms with Crippen molar-refractivity contribution in [2.45, 2.75) is 0 Å². The van der Waals surface area contributed by atoms with Crippen LogP contribution in [0.1, 0.15) is 0 Å². The van der Waals surface area contributed by atoms with Crippen LogP contribution in [0.4, 0.5) is 0 Å². The molecule has 0 radical (unpaired) electrons. The van der Waals surface area contributed by atoms with Crippen LogP contribution in [0.25, 0.3) is 87.6 Å². The topological polar surface area (TPSA) is 35.6 Å². The molecule has 194 valence electrons. The second kappa shape index (κ2) is 7.93. The zero-order valence-corrected chi connectivity index (χ0v) is 22.5. The van der Waals surface area contributed by atoms with Gasteiger partial charge in [0.25, 0.3) is 0 Å². The summed E-state index contributed by atoms with van der Waals surface area (Å²) >= 11 is 0. The lowest BCUT2D eigenvalue weighted by molar-refractivity contribution is 1.18. The molecule has 6 aromatic carbocycles. The molecule has 4 heteroatoms. The van der Waals surface area contributed by atoms with E-state index in [1.807, 2.05) is 24.5 Å². The van der Waals surface area contributed by atoms with Crippen molar-refractivity contribution in [2.24, 2.45) is 0 Å². The summed E-state index contributed by atoms with van der Waals surface area (Å²) in [6.45, 7) is 0. The van der Waals surface area contributed by atoms with Crippen molar-refractivity contribution >= 4 is 76.2 Å². The molecule has 0 bridgehead atoms. The number of benzene rings is 6. The SMILES string of the molecule is c1ccc(-n2c3cccnc3c3c4ccc5cc6c(c7ccc(cc32)c4c57)c2ncccc2n6-c2ccccc2)cc1. The Morgan fingerprint density at radius 2 is 0.833 bits per heavy atom. The van der Waals surface area contributed by atoms with Gasteiger partial charge in [0, 0.05) is 34.5 Å². The van der Waals surface area contributed by atoms with Crippen molar-refractivity contribution < 1.29 is 0 Å². The van der Waals surface area contributed by atoms with Crippen LogP contribution in [0, 0.1) is 0 Å². The number of hydrogen-bond acceptors (Lipinski definition) is 2. The molecule has 0 aliphatic carbocycles. The maximum atomic E-state index is 4.93. The molecule has 4 nitrogen and oxygen atoms in total. The minimum absolute atomic E-state index is 1.03. The summed E-state index contributed by atoms with van der Waals surface area (Å²) in [5.74, 6) is 0. The smallest absolute Gasteiger partial charge is 0.0969 e. The fourth-order valence-corrected chi connectivity index (χ4v) is 7.28. The van der Waals surface area contributed by atoms with E-state index in [1.54, 1.807) is 0 Å². The van der Waals surface area contributed by atoms with Crippen LogP contribution in [0.15, 0.2) is 134 Å². The Labute approximate surface area is 240 Å². The number of pyridine rings is 2.